The molecular weight excluding hydrogens is 228 g/mol. The number of hydrogen-bond acceptors (Lipinski definition) is 4. The van der Waals surface area contributed by atoms with E-state index in [1.165, 1.54) is 0 Å². The highest BCUT2D eigenvalue weighted by Crippen LogP contribution is 2.31. The van der Waals surface area contributed by atoms with Crippen LogP contribution in [0.2, 0.25) is 0 Å². The largest absolute Gasteiger partial charge is 0.325 e. The molecule has 0 aliphatic rings. The number of hydrogen-bond donors (Lipinski definition) is 2. The Bertz CT molecular complexity index is 497. The van der Waals surface area contributed by atoms with E-state index in [2.05, 4.69) is 0 Å². The number of fused-ring (bicyclic) bond motifs is 1. The van der Waals surface area contributed by atoms with Crippen LogP contribution < -0.4 is 0 Å². The average molecular weight is 238 g/mol. The maximum atomic E-state index is 9.17. The Kier molecular flexibility index (Phi) is 3.21. The lowest BCUT2D eigenvalue weighted by Crippen LogP contribution is -1.81. The normalized spacial score (nSPS) is 10.9. The zero-order chi connectivity index (χ0) is 10.8. The van der Waals surface area contributed by atoms with Gasteiger partial charge in [-0.25, -0.2) is 0 Å². The van der Waals surface area contributed by atoms with Crippen molar-refractivity contribution in [3.8, 4) is 0 Å². The van der Waals surface area contributed by atoms with Crippen molar-refractivity contribution in [2.75, 3.05) is 0 Å². The fraction of sp³-hybridized carbons (Fsp3) is 0.0909. The maximum Gasteiger partial charge on any atom is 0.0441 e. The molecular formula is C11H10O2S2. The van der Waals surface area contributed by atoms with Crippen molar-refractivity contribution in [1.82, 2.24) is 0 Å². The van der Waals surface area contributed by atoms with Crippen LogP contribution in [0.1, 0.15) is 5.56 Å². The van der Waals surface area contributed by atoms with E-state index in [0.29, 0.717) is 24.1 Å². The summed E-state index contributed by atoms with van der Waals surface area (Å²) in [4.78, 5) is 1.51. The molecule has 2 rings (SSSR count). The van der Waals surface area contributed by atoms with E-state index < -0.39 is 0 Å². The lowest BCUT2D eigenvalue weighted by Gasteiger charge is -2.06. The van der Waals surface area contributed by atoms with Gasteiger partial charge in [-0.1, -0.05) is 23.8 Å². The van der Waals surface area contributed by atoms with Crippen LogP contribution in [0.4, 0.5) is 0 Å². The summed E-state index contributed by atoms with van der Waals surface area (Å²) in [6.45, 7) is 2.01. The Morgan fingerprint density at radius 1 is 1.00 bits per heavy atom. The highest BCUT2D eigenvalue weighted by Gasteiger charge is 2.04. The molecule has 78 valence electrons. The van der Waals surface area contributed by atoms with Crippen LogP contribution in [0.25, 0.3) is 10.8 Å². The summed E-state index contributed by atoms with van der Waals surface area (Å²) in [7, 11) is 0. The first kappa shape index (κ1) is 10.8. The minimum atomic E-state index is 0.693. The molecule has 0 fully saturated rings. The SMILES string of the molecule is Cc1ccc2cc(SO)cc(SO)c2c1. The summed E-state index contributed by atoms with van der Waals surface area (Å²) in [6, 6.07) is 9.71. The van der Waals surface area contributed by atoms with Gasteiger partial charge in [-0.3, -0.25) is 0 Å². The molecule has 0 aliphatic carbocycles. The van der Waals surface area contributed by atoms with Gasteiger partial charge < -0.3 is 9.11 Å². The van der Waals surface area contributed by atoms with E-state index in [-0.39, 0.29) is 0 Å². The summed E-state index contributed by atoms with van der Waals surface area (Å²) in [5, 5.41) is 2.04. The standard InChI is InChI=1S/C11H10O2S2/c1-7-2-3-8-5-9(14-12)6-11(15-13)10(8)4-7/h2-6,12-13H,1H3. The molecule has 2 N–H and O–H groups in total. The molecule has 0 aliphatic heterocycles. The first-order valence-electron chi connectivity index (χ1n) is 4.42. The van der Waals surface area contributed by atoms with Crippen molar-refractivity contribution in [3.05, 3.63) is 35.9 Å². The van der Waals surface area contributed by atoms with Gasteiger partial charge >= 0.3 is 0 Å². The number of benzene rings is 2. The molecule has 0 bridgehead atoms. The molecule has 0 spiro atoms. The first-order valence-corrected chi connectivity index (χ1v) is 5.96. The van der Waals surface area contributed by atoms with Gasteiger partial charge in [0.25, 0.3) is 0 Å². The van der Waals surface area contributed by atoms with Crippen LogP contribution in [0, 0.1) is 6.92 Å². The van der Waals surface area contributed by atoms with Crippen LogP contribution in [-0.2, 0) is 0 Å². The molecule has 0 saturated heterocycles. The average Bonchev–Trinajstić information content (AvgIpc) is 2.27. The smallest absolute Gasteiger partial charge is 0.0441 e. The zero-order valence-electron chi connectivity index (χ0n) is 8.10. The Balaban J connectivity index is 2.75. The van der Waals surface area contributed by atoms with Gasteiger partial charge in [0.15, 0.2) is 0 Å². The Morgan fingerprint density at radius 3 is 2.47 bits per heavy atom. The predicted octanol–water partition coefficient (Wildman–Crippen LogP) is 4.28. The number of rotatable bonds is 2. The van der Waals surface area contributed by atoms with Crippen molar-refractivity contribution < 1.29 is 9.11 Å². The molecule has 2 aromatic carbocycles. The Labute approximate surface area is 96.7 Å². The molecule has 0 radical (unpaired) electrons. The molecule has 2 aromatic rings. The second-order valence-corrected chi connectivity index (χ2v) is 4.60. The highest BCUT2D eigenvalue weighted by atomic mass is 32.2. The van der Waals surface area contributed by atoms with E-state index in [4.69, 9.17) is 4.55 Å². The number of aryl methyl sites for hydroxylation is 1. The topological polar surface area (TPSA) is 40.5 Å². The van der Waals surface area contributed by atoms with E-state index >= 15 is 0 Å². The van der Waals surface area contributed by atoms with E-state index in [1.807, 2.05) is 31.2 Å². The van der Waals surface area contributed by atoms with Gasteiger partial charge in [0.2, 0.25) is 0 Å². The van der Waals surface area contributed by atoms with Gasteiger partial charge in [0.1, 0.15) is 0 Å². The van der Waals surface area contributed by atoms with Crippen molar-refractivity contribution in [2.24, 2.45) is 0 Å². The second kappa shape index (κ2) is 4.45. The van der Waals surface area contributed by atoms with Gasteiger partial charge in [-0.15, -0.1) is 0 Å². The minimum absolute atomic E-state index is 0.693. The summed E-state index contributed by atoms with van der Waals surface area (Å²) in [5.74, 6) is 0. The molecule has 2 nitrogen and oxygen atoms in total. The highest BCUT2D eigenvalue weighted by molar-refractivity contribution is 7.94. The van der Waals surface area contributed by atoms with Crippen LogP contribution in [0.15, 0.2) is 40.1 Å². The third-order valence-corrected chi connectivity index (χ3v) is 3.23. The minimum Gasteiger partial charge on any atom is -0.325 e. The third kappa shape index (κ3) is 2.13. The molecule has 4 heteroatoms. The van der Waals surface area contributed by atoms with Gasteiger partial charge in [-0.2, -0.15) is 0 Å². The van der Waals surface area contributed by atoms with Crippen LogP contribution in [0.5, 0.6) is 0 Å². The zero-order valence-corrected chi connectivity index (χ0v) is 9.73. The fourth-order valence-electron chi connectivity index (χ4n) is 1.54. The van der Waals surface area contributed by atoms with Crippen molar-refractivity contribution in [2.45, 2.75) is 16.7 Å². The third-order valence-electron chi connectivity index (χ3n) is 2.25. The van der Waals surface area contributed by atoms with Gasteiger partial charge in [0.05, 0.1) is 0 Å². The monoisotopic (exact) mass is 238 g/mol. The van der Waals surface area contributed by atoms with Crippen molar-refractivity contribution in [3.63, 3.8) is 0 Å². The molecule has 0 heterocycles. The molecule has 0 atom stereocenters. The van der Waals surface area contributed by atoms with E-state index in [9.17, 15) is 4.55 Å². The van der Waals surface area contributed by atoms with E-state index in [1.54, 1.807) is 6.07 Å². The quantitative estimate of drug-likeness (QED) is 0.766. The summed E-state index contributed by atoms with van der Waals surface area (Å²) in [5.41, 5.74) is 1.15. The van der Waals surface area contributed by atoms with Crippen LogP contribution in [-0.4, -0.2) is 9.11 Å². The second-order valence-electron chi connectivity index (χ2n) is 3.33. The molecule has 0 saturated carbocycles. The van der Waals surface area contributed by atoms with Crippen molar-refractivity contribution in [1.29, 1.82) is 0 Å². The van der Waals surface area contributed by atoms with Crippen molar-refractivity contribution >= 4 is 34.9 Å². The molecule has 0 aromatic heterocycles. The Morgan fingerprint density at radius 2 is 1.80 bits per heavy atom. The predicted molar refractivity (Wildman–Crippen MR) is 65.7 cm³/mol. The Hall–Kier alpha value is -0.680. The van der Waals surface area contributed by atoms with Crippen LogP contribution in [0.3, 0.4) is 0 Å². The van der Waals surface area contributed by atoms with Gasteiger partial charge in [0, 0.05) is 33.9 Å². The molecule has 0 unspecified atom stereocenters. The molecule has 15 heavy (non-hydrogen) atoms. The van der Waals surface area contributed by atoms with Gasteiger partial charge in [-0.05, 0) is 29.8 Å². The summed E-state index contributed by atoms with van der Waals surface area (Å²) < 4.78 is 18.2. The maximum absolute atomic E-state index is 9.17. The van der Waals surface area contributed by atoms with E-state index in [0.717, 1.165) is 26.1 Å². The summed E-state index contributed by atoms with van der Waals surface area (Å²) in [6.07, 6.45) is 0. The summed E-state index contributed by atoms with van der Waals surface area (Å²) >= 11 is 1.41. The van der Waals surface area contributed by atoms with Crippen LogP contribution >= 0.6 is 24.1 Å². The molecule has 0 amide bonds. The lowest BCUT2D eigenvalue weighted by molar-refractivity contribution is 0.662. The lowest BCUT2D eigenvalue weighted by atomic mass is 10.1. The first-order chi connectivity index (χ1) is 7.24. The fourth-order valence-corrected chi connectivity index (χ4v) is 2.42.